The van der Waals surface area contributed by atoms with E-state index >= 15 is 0 Å². The highest BCUT2D eigenvalue weighted by molar-refractivity contribution is 6.38. The molecule has 1 saturated heterocycles. The van der Waals surface area contributed by atoms with Crippen LogP contribution in [0.1, 0.15) is 34.2 Å². The smallest absolute Gasteiger partial charge is 0.356 e. The number of benzene rings is 2. The van der Waals surface area contributed by atoms with Gasteiger partial charge < -0.3 is 29.3 Å². The summed E-state index contributed by atoms with van der Waals surface area (Å²) in [6, 6.07) is 14.3. The SMILES string of the molecule is CCOC(=O)c1ccc(/C=C/C(=O)NCC(=O)N(C)c2ccc(Cl)c(COc3cccc4c(N5CCOCC5)cc(C)nc34)c2Cl)cn1. The number of ether oxygens (including phenoxy) is 3. The molecular formula is C35H35Cl2N5O6. The maximum Gasteiger partial charge on any atom is 0.356 e. The third kappa shape index (κ3) is 8.22. The van der Waals surface area contributed by atoms with Crippen LogP contribution in [-0.2, 0) is 25.7 Å². The van der Waals surface area contributed by atoms with Crippen LogP contribution in [0.25, 0.3) is 17.0 Å². The monoisotopic (exact) mass is 691 g/mol. The minimum atomic E-state index is -0.524. The summed E-state index contributed by atoms with van der Waals surface area (Å²) in [4.78, 5) is 49.7. The van der Waals surface area contributed by atoms with E-state index in [0.29, 0.717) is 40.8 Å². The van der Waals surface area contributed by atoms with Gasteiger partial charge in [0.25, 0.3) is 0 Å². The number of aromatic nitrogens is 2. The molecule has 1 fully saturated rings. The first-order valence-corrected chi connectivity index (χ1v) is 16.1. The molecule has 250 valence electrons. The number of anilines is 2. The van der Waals surface area contributed by atoms with Crippen LogP contribution >= 0.6 is 23.2 Å². The summed E-state index contributed by atoms with van der Waals surface area (Å²) in [5.74, 6) is -0.839. The van der Waals surface area contributed by atoms with Crippen molar-refractivity contribution in [1.82, 2.24) is 15.3 Å². The lowest BCUT2D eigenvalue weighted by Crippen LogP contribution is -2.37. The summed E-state index contributed by atoms with van der Waals surface area (Å²) in [5, 5.41) is 4.17. The van der Waals surface area contributed by atoms with Crippen LogP contribution in [0.4, 0.5) is 11.4 Å². The first-order valence-electron chi connectivity index (χ1n) is 15.3. The van der Waals surface area contributed by atoms with Gasteiger partial charge in [-0.25, -0.2) is 14.8 Å². The van der Waals surface area contributed by atoms with Crippen molar-refractivity contribution in [1.29, 1.82) is 0 Å². The molecule has 0 unspecified atom stereocenters. The molecule has 3 heterocycles. The molecule has 1 aliphatic rings. The largest absolute Gasteiger partial charge is 0.487 e. The highest BCUT2D eigenvalue weighted by atomic mass is 35.5. The molecule has 13 heteroatoms. The zero-order chi connectivity index (χ0) is 34.2. The van der Waals surface area contributed by atoms with E-state index in [-0.39, 0.29) is 30.5 Å². The number of halogens is 2. The number of carbonyl (C=O) groups is 3. The zero-order valence-corrected chi connectivity index (χ0v) is 28.3. The molecule has 1 aliphatic heterocycles. The Hall–Kier alpha value is -4.71. The van der Waals surface area contributed by atoms with Gasteiger partial charge in [0.1, 0.15) is 23.6 Å². The van der Waals surface area contributed by atoms with Crippen LogP contribution < -0.4 is 19.9 Å². The third-order valence-corrected chi connectivity index (χ3v) is 8.42. The number of rotatable bonds is 11. The number of nitrogens with zero attached hydrogens (tertiary/aromatic N) is 4. The summed E-state index contributed by atoms with van der Waals surface area (Å²) in [6.45, 7) is 6.58. The summed E-state index contributed by atoms with van der Waals surface area (Å²) < 4.78 is 16.7. The van der Waals surface area contributed by atoms with Crippen molar-refractivity contribution >= 4 is 69.3 Å². The maximum absolute atomic E-state index is 13.0. The van der Waals surface area contributed by atoms with E-state index in [1.54, 1.807) is 32.2 Å². The van der Waals surface area contributed by atoms with E-state index in [4.69, 9.17) is 42.4 Å². The van der Waals surface area contributed by atoms with Crippen molar-refractivity contribution < 1.29 is 28.6 Å². The lowest BCUT2D eigenvalue weighted by atomic mass is 10.1. The quantitative estimate of drug-likeness (QED) is 0.157. The molecule has 11 nitrogen and oxygen atoms in total. The van der Waals surface area contributed by atoms with E-state index in [1.165, 1.54) is 29.3 Å². The molecule has 0 saturated carbocycles. The fourth-order valence-electron chi connectivity index (χ4n) is 5.11. The number of carbonyl (C=O) groups excluding carboxylic acids is 3. The van der Waals surface area contributed by atoms with E-state index in [0.717, 1.165) is 35.4 Å². The normalized spacial score (nSPS) is 13.1. The van der Waals surface area contributed by atoms with Crippen molar-refractivity contribution in [3.8, 4) is 5.75 Å². The molecule has 0 spiro atoms. The Kier molecular flexibility index (Phi) is 11.5. The van der Waals surface area contributed by atoms with Gasteiger partial charge in [-0.15, -0.1) is 0 Å². The first-order chi connectivity index (χ1) is 23.2. The molecule has 5 rings (SSSR count). The minimum absolute atomic E-state index is 0.0340. The summed E-state index contributed by atoms with van der Waals surface area (Å²) in [7, 11) is 1.56. The lowest BCUT2D eigenvalue weighted by Gasteiger charge is -2.30. The van der Waals surface area contributed by atoms with Crippen LogP contribution in [0.5, 0.6) is 5.75 Å². The van der Waals surface area contributed by atoms with Crippen LogP contribution in [0.3, 0.4) is 0 Å². The van der Waals surface area contributed by atoms with Crippen molar-refractivity contribution in [3.05, 3.63) is 93.4 Å². The number of likely N-dealkylation sites (N-methyl/N-ethyl adjacent to an activating group) is 1. The summed E-state index contributed by atoms with van der Waals surface area (Å²) >= 11 is 13.3. The number of hydrogen-bond acceptors (Lipinski definition) is 9. The molecule has 4 aromatic rings. The van der Waals surface area contributed by atoms with Crippen molar-refractivity contribution in [2.24, 2.45) is 0 Å². The predicted molar refractivity (Wildman–Crippen MR) is 186 cm³/mol. The van der Waals surface area contributed by atoms with Gasteiger partial charge in [0.15, 0.2) is 0 Å². The molecular weight excluding hydrogens is 657 g/mol. The van der Waals surface area contributed by atoms with Gasteiger partial charge in [0.2, 0.25) is 11.8 Å². The van der Waals surface area contributed by atoms with Crippen molar-refractivity contribution in [3.63, 3.8) is 0 Å². The average Bonchev–Trinajstić information content (AvgIpc) is 3.09. The Bertz CT molecular complexity index is 1840. The number of esters is 1. The van der Waals surface area contributed by atoms with Gasteiger partial charge in [-0.2, -0.15) is 0 Å². The molecule has 2 aromatic carbocycles. The molecule has 0 aliphatic carbocycles. The Labute approximate surface area is 288 Å². The Morgan fingerprint density at radius 3 is 2.62 bits per heavy atom. The highest BCUT2D eigenvalue weighted by Crippen LogP contribution is 2.37. The van der Waals surface area contributed by atoms with Crippen LogP contribution in [-0.4, -0.2) is 74.3 Å². The van der Waals surface area contributed by atoms with Gasteiger partial charge in [0, 0.05) is 59.8 Å². The molecule has 0 atom stereocenters. The number of para-hydroxylation sites is 1. The van der Waals surface area contributed by atoms with E-state index in [2.05, 4.69) is 21.3 Å². The number of morpholine rings is 1. The first kappa shape index (κ1) is 34.6. The molecule has 2 aromatic heterocycles. The van der Waals surface area contributed by atoms with Crippen LogP contribution in [0, 0.1) is 6.92 Å². The Morgan fingerprint density at radius 2 is 1.90 bits per heavy atom. The highest BCUT2D eigenvalue weighted by Gasteiger charge is 2.21. The molecule has 0 radical (unpaired) electrons. The summed E-state index contributed by atoms with van der Waals surface area (Å²) in [5.41, 5.74) is 4.34. The van der Waals surface area contributed by atoms with Crippen LogP contribution in [0.15, 0.2) is 60.8 Å². The standard InChI is InChI=1S/C35H35Cl2N5O6/c1-4-47-35(45)27-11-8-23(19-38-27)9-13-31(43)39-20-32(44)41(3)28-12-10-26(36)25(33(28)37)21-48-30-7-5-6-24-29(18-22(2)40-34(24)30)42-14-16-46-17-15-42/h5-13,18-19H,4,14-17,20-21H2,1-3H3,(H,39,43)/b13-9+. The summed E-state index contributed by atoms with van der Waals surface area (Å²) in [6.07, 6.45) is 4.23. The van der Waals surface area contributed by atoms with Gasteiger partial charge in [-0.05, 0) is 55.8 Å². The fraction of sp³-hybridized carbons (Fsp3) is 0.286. The second kappa shape index (κ2) is 15.9. The second-order valence-corrected chi connectivity index (χ2v) is 11.7. The molecule has 48 heavy (non-hydrogen) atoms. The van der Waals surface area contributed by atoms with Crippen molar-refractivity contribution in [2.45, 2.75) is 20.5 Å². The topological polar surface area (TPSA) is 123 Å². The second-order valence-electron chi connectivity index (χ2n) is 10.9. The fourth-order valence-corrected chi connectivity index (χ4v) is 5.72. The zero-order valence-electron chi connectivity index (χ0n) is 26.8. The molecule has 0 bridgehead atoms. The van der Waals surface area contributed by atoms with Gasteiger partial charge >= 0.3 is 5.97 Å². The number of pyridine rings is 2. The number of fused-ring (bicyclic) bond motifs is 1. The van der Waals surface area contributed by atoms with Gasteiger partial charge in [0.05, 0.1) is 37.1 Å². The average molecular weight is 693 g/mol. The van der Waals surface area contributed by atoms with E-state index in [9.17, 15) is 14.4 Å². The van der Waals surface area contributed by atoms with E-state index < -0.39 is 17.8 Å². The third-order valence-electron chi connectivity index (χ3n) is 7.65. The number of nitrogens with one attached hydrogen (secondary N) is 1. The molecule has 1 N–H and O–H groups in total. The van der Waals surface area contributed by atoms with Gasteiger partial charge in [-0.3, -0.25) is 9.59 Å². The molecule has 2 amide bonds. The van der Waals surface area contributed by atoms with Gasteiger partial charge in [-0.1, -0.05) is 41.4 Å². The number of aryl methyl sites for hydroxylation is 1. The Balaban J connectivity index is 1.23. The number of hydrogen-bond donors (Lipinski definition) is 1. The van der Waals surface area contributed by atoms with Crippen molar-refractivity contribution in [2.75, 3.05) is 56.3 Å². The lowest BCUT2D eigenvalue weighted by molar-refractivity contribution is -0.122. The Morgan fingerprint density at radius 1 is 1.10 bits per heavy atom. The number of amides is 2. The minimum Gasteiger partial charge on any atom is -0.487 e. The maximum atomic E-state index is 13.0. The van der Waals surface area contributed by atoms with E-state index in [1.807, 2.05) is 25.1 Å². The predicted octanol–water partition coefficient (Wildman–Crippen LogP) is 5.63. The van der Waals surface area contributed by atoms with Crippen LogP contribution in [0.2, 0.25) is 10.0 Å².